The van der Waals surface area contributed by atoms with Crippen molar-refractivity contribution >= 4 is 40.4 Å². The molecular formula is C13H9Cl2NOS. The lowest BCUT2D eigenvalue weighted by molar-refractivity contribution is 0.483. The Balaban J connectivity index is 2.22. The summed E-state index contributed by atoms with van der Waals surface area (Å²) in [7, 11) is 0. The van der Waals surface area contributed by atoms with Gasteiger partial charge in [-0.25, -0.2) is 0 Å². The second-order valence-corrected chi connectivity index (χ2v) is 4.85. The Kier molecular flexibility index (Phi) is 4.07. The van der Waals surface area contributed by atoms with E-state index in [2.05, 4.69) is 0 Å². The molecule has 2 nitrogen and oxygen atoms in total. The number of nitrogens with two attached hydrogens (primary N) is 1. The molecule has 2 rings (SSSR count). The van der Waals surface area contributed by atoms with Gasteiger partial charge in [-0.15, -0.1) is 0 Å². The van der Waals surface area contributed by atoms with Gasteiger partial charge in [0.05, 0.1) is 5.02 Å². The van der Waals surface area contributed by atoms with Crippen LogP contribution in [0.3, 0.4) is 0 Å². The fourth-order valence-corrected chi connectivity index (χ4v) is 2.03. The number of benzene rings is 2. The summed E-state index contributed by atoms with van der Waals surface area (Å²) in [5.74, 6) is 1.29. The number of hydrogen-bond donors (Lipinski definition) is 1. The molecule has 0 saturated heterocycles. The van der Waals surface area contributed by atoms with Crippen molar-refractivity contribution in [3.05, 3.63) is 58.1 Å². The van der Waals surface area contributed by atoms with Crippen LogP contribution in [0.15, 0.2) is 42.5 Å². The zero-order valence-electron chi connectivity index (χ0n) is 9.19. The summed E-state index contributed by atoms with van der Waals surface area (Å²) in [6.45, 7) is 0. The number of thiocarbonyl (C=S) groups is 1. The maximum atomic E-state index is 6.05. The van der Waals surface area contributed by atoms with Crippen molar-refractivity contribution in [2.45, 2.75) is 0 Å². The summed E-state index contributed by atoms with van der Waals surface area (Å²) in [5.41, 5.74) is 6.16. The summed E-state index contributed by atoms with van der Waals surface area (Å²) in [4.78, 5) is 0.262. The van der Waals surface area contributed by atoms with E-state index in [1.807, 2.05) is 0 Å². The molecule has 18 heavy (non-hydrogen) atoms. The quantitative estimate of drug-likeness (QED) is 0.852. The van der Waals surface area contributed by atoms with E-state index in [1.165, 1.54) is 0 Å². The van der Waals surface area contributed by atoms with Gasteiger partial charge in [-0.2, -0.15) is 0 Å². The van der Waals surface area contributed by atoms with Crippen molar-refractivity contribution in [1.29, 1.82) is 0 Å². The smallest absolute Gasteiger partial charge is 0.128 e. The molecule has 2 N–H and O–H groups in total. The van der Waals surface area contributed by atoms with Gasteiger partial charge in [-0.05, 0) is 36.4 Å². The predicted molar refractivity (Wildman–Crippen MR) is 78.9 cm³/mol. The lowest BCUT2D eigenvalue weighted by Gasteiger charge is -2.08. The normalized spacial score (nSPS) is 10.1. The van der Waals surface area contributed by atoms with E-state index in [9.17, 15) is 0 Å². The van der Waals surface area contributed by atoms with E-state index in [4.69, 9.17) is 45.9 Å². The highest BCUT2D eigenvalue weighted by Gasteiger charge is 2.05. The van der Waals surface area contributed by atoms with Crippen molar-refractivity contribution < 1.29 is 4.74 Å². The molecule has 92 valence electrons. The highest BCUT2D eigenvalue weighted by atomic mass is 35.5. The van der Waals surface area contributed by atoms with E-state index in [0.29, 0.717) is 27.1 Å². The first-order valence-corrected chi connectivity index (χ1v) is 6.25. The average Bonchev–Trinajstić information content (AvgIpc) is 2.32. The fourth-order valence-electron chi connectivity index (χ4n) is 1.40. The van der Waals surface area contributed by atoms with E-state index >= 15 is 0 Å². The first kappa shape index (κ1) is 13.1. The largest absolute Gasteiger partial charge is 0.457 e. The predicted octanol–water partition coefficient (Wildman–Crippen LogP) is 4.42. The zero-order valence-corrected chi connectivity index (χ0v) is 11.5. The fraction of sp³-hybridized carbons (Fsp3) is 0. The molecule has 0 bridgehead atoms. The van der Waals surface area contributed by atoms with Gasteiger partial charge < -0.3 is 10.5 Å². The minimum atomic E-state index is 0.262. The number of halogens is 2. The highest BCUT2D eigenvalue weighted by Crippen LogP contribution is 2.27. The number of rotatable bonds is 3. The summed E-state index contributed by atoms with van der Waals surface area (Å²) >= 11 is 16.7. The minimum absolute atomic E-state index is 0.262. The van der Waals surface area contributed by atoms with E-state index in [-0.39, 0.29) is 4.99 Å². The zero-order chi connectivity index (χ0) is 13.1. The number of ether oxygens (including phenoxy) is 1. The van der Waals surface area contributed by atoms with E-state index in [0.717, 1.165) is 0 Å². The van der Waals surface area contributed by atoms with Crippen LogP contribution in [-0.4, -0.2) is 4.99 Å². The molecule has 2 aromatic carbocycles. The topological polar surface area (TPSA) is 35.2 Å². The standard InChI is InChI=1S/C13H9Cl2NOS/c14-8-1-3-9(4-2-8)17-10-5-6-11(13(16)18)12(15)7-10/h1-7H,(H2,16,18). The van der Waals surface area contributed by atoms with Crippen LogP contribution in [0, 0.1) is 0 Å². The van der Waals surface area contributed by atoms with Crippen LogP contribution in [0.25, 0.3) is 0 Å². The highest BCUT2D eigenvalue weighted by molar-refractivity contribution is 7.80. The average molecular weight is 298 g/mol. The molecule has 0 aromatic heterocycles. The Morgan fingerprint density at radius 3 is 2.17 bits per heavy atom. The van der Waals surface area contributed by atoms with Crippen LogP contribution in [0.2, 0.25) is 10.0 Å². The van der Waals surface area contributed by atoms with Crippen LogP contribution >= 0.6 is 35.4 Å². The van der Waals surface area contributed by atoms with Crippen LogP contribution in [0.1, 0.15) is 5.56 Å². The van der Waals surface area contributed by atoms with Crippen molar-refractivity contribution in [1.82, 2.24) is 0 Å². The summed E-state index contributed by atoms with van der Waals surface area (Å²) in [6.07, 6.45) is 0. The second-order valence-electron chi connectivity index (χ2n) is 3.56. The molecule has 5 heteroatoms. The van der Waals surface area contributed by atoms with Crippen molar-refractivity contribution in [3.8, 4) is 11.5 Å². The lowest BCUT2D eigenvalue weighted by Crippen LogP contribution is -2.09. The molecule has 0 heterocycles. The first-order valence-electron chi connectivity index (χ1n) is 5.09. The molecule has 0 aliphatic rings. The summed E-state index contributed by atoms with van der Waals surface area (Å²) < 4.78 is 5.62. The van der Waals surface area contributed by atoms with Gasteiger partial charge in [0, 0.05) is 16.7 Å². The second kappa shape index (κ2) is 5.57. The molecule has 0 radical (unpaired) electrons. The molecule has 2 aromatic rings. The Morgan fingerprint density at radius 1 is 1.00 bits per heavy atom. The molecule has 0 atom stereocenters. The molecule has 0 amide bonds. The van der Waals surface area contributed by atoms with Gasteiger partial charge in [-0.1, -0.05) is 35.4 Å². The Bertz CT molecular complexity index is 584. The van der Waals surface area contributed by atoms with Crippen LogP contribution < -0.4 is 10.5 Å². The molecule has 0 aliphatic carbocycles. The van der Waals surface area contributed by atoms with Gasteiger partial charge in [0.15, 0.2) is 0 Å². The molecular weight excluding hydrogens is 289 g/mol. The molecule has 0 spiro atoms. The van der Waals surface area contributed by atoms with Crippen LogP contribution in [-0.2, 0) is 0 Å². The van der Waals surface area contributed by atoms with Crippen LogP contribution in [0.4, 0.5) is 0 Å². The Labute approximate surface area is 120 Å². The maximum Gasteiger partial charge on any atom is 0.128 e. The SMILES string of the molecule is NC(=S)c1ccc(Oc2ccc(Cl)cc2)cc1Cl. The third-order valence-electron chi connectivity index (χ3n) is 2.26. The van der Waals surface area contributed by atoms with Gasteiger partial charge in [0.1, 0.15) is 16.5 Å². The number of hydrogen-bond acceptors (Lipinski definition) is 2. The van der Waals surface area contributed by atoms with Crippen LogP contribution in [0.5, 0.6) is 11.5 Å². The lowest BCUT2D eigenvalue weighted by atomic mass is 10.2. The van der Waals surface area contributed by atoms with Crippen molar-refractivity contribution in [2.75, 3.05) is 0 Å². The third-order valence-corrected chi connectivity index (χ3v) is 3.04. The van der Waals surface area contributed by atoms with E-state index in [1.54, 1.807) is 42.5 Å². The third kappa shape index (κ3) is 3.13. The minimum Gasteiger partial charge on any atom is -0.457 e. The van der Waals surface area contributed by atoms with Crippen molar-refractivity contribution in [2.24, 2.45) is 5.73 Å². The monoisotopic (exact) mass is 297 g/mol. The first-order chi connectivity index (χ1) is 8.56. The van der Waals surface area contributed by atoms with Gasteiger partial charge in [0.2, 0.25) is 0 Å². The molecule has 0 saturated carbocycles. The van der Waals surface area contributed by atoms with Crippen molar-refractivity contribution in [3.63, 3.8) is 0 Å². The Morgan fingerprint density at radius 2 is 1.61 bits per heavy atom. The Hall–Kier alpha value is -1.29. The van der Waals surface area contributed by atoms with Gasteiger partial charge in [-0.3, -0.25) is 0 Å². The van der Waals surface area contributed by atoms with Gasteiger partial charge >= 0.3 is 0 Å². The van der Waals surface area contributed by atoms with Gasteiger partial charge in [0.25, 0.3) is 0 Å². The molecule has 0 aliphatic heterocycles. The summed E-state index contributed by atoms with van der Waals surface area (Å²) in [6, 6.07) is 12.2. The molecule has 0 unspecified atom stereocenters. The molecule has 0 fully saturated rings. The van der Waals surface area contributed by atoms with E-state index < -0.39 is 0 Å². The maximum absolute atomic E-state index is 6.05. The summed E-state index contributed by atoms with van der Waals surface area (Å²) in [5, 5.41) is 1.12.